The normalized spacial score (nSPS) is 22.6. The highest BCUT2D eigenvalue weighted by atomic mass is 35.5. The molecule has 2 amide bonds. The molecule has 0 radical (unpaired) electrons. The van der Waals surface area contributed by atoms with E-state index in [0.29, 0.717) is 10.7 Å². The SMILES string of the molecule is O=C1C[C@@H](SC2=NCCS2)C(=O)N1c1ccc(Cl)cc1. The zero-order valence-electron chi connectivity index (χ0n) is 10.4. The Balaban J connectivity index is 1.77. The van der Waals surface area contributed by atoms with Gasteiger partial charge in [-0.2, -0.15) is 0 Å². The van der Waals surface area contributed by atoms with Crippen LogP contribution < -0.4 is 4.90 Å². The first-order valence-electron chi connectivity index (χ1n) is 6.11. The van der Waals surface area contributed by atoms with E-state index in [1.54, 1.807) is 36.0 Å². The maximum Gasteiger partial charge on any atom is 0.247 e. The second-order valence-corrected chi connectivity index (χ2v) is 7.32. The van der Waals surface area contributed by atoms with Crippen LogP contribution in [0.5, 0.6) is 0 Å². The topological polar surface area (TPSA) is 49.7 Å². The number of rotatable bonds is 2. The summed E-state index contributed by atoms with van der Waals surface area (Å²) in [6.07, 6.45) is 0.228. The summed E-state index contributed by atoms with van der Waals surface area (Å²) in [5, 5.41) is 0.220. The van der Waals surface area contributed by atoms with Crippen LogP contribution in [-0.4, -0.2) is 33.7 Å². The van der Waals surface area contributed by atoms with Gasteiger partial charge in [-0.05, 0) is 24.3 Å². The number of hydrogen-bond donors (Lipinski definition) is 0. The molecule has 0 unspecified atom stereocenters. The average Bonchev–Trinajstić information content (AvgIpc) is 3.02. The Morgan fingerprint density at radius 3 is 2.70 bits per heavy atom. The van der Waals surface area contributed by atoms with Gasteiger partial charge in [0.2, 0.25) is 11.8 Å². The van der Waals surface area contributed by atoms with E-state index in [0.717, 1.165) is 16.7 Å². The fourth-order valence-corrected chi connectivity index (χ4v) is 4.44. The molecule has 2 heterocycles. The van der Waals surface area contributed by atoms with Crippen molar-refractivity contribution in [3.8, 4) is 0 Å². The van der Waals surface area contributed by atoms with Gasteiger partial charge < -0.3 is 0 Å². The Bertz CT molecular complexity index is 589. The molecule has 2 aliphatic heterocycles. The number of nitrogens with zero attached hydrogens (tertiary/aromatic N) is 2. The van der Waals surface area contributed by atoms with Gasteiger partial charge in [0.25, 0.3) is 0 Å². The van der Waals surface area contributed by atoms with Crippen LogP contribution in [0.25, 0.3) is 0 Å². The number of benzene rings is 1. The van der Waals surface area contributed by atoms with Crippen LogP contribution in [0.15, 0.2) is 29.3 Å². The number of carbonyl (C=O) groups is 2. The van der Waals surface area contributed by atoms with Crippen LogP contribution in [0.3, 0.4) is 0 Å². The molecule has 4 nitrogen and oxygen atoms in total. The molecule has 0 aromatic heterocycles. The lowest BCUT2D eigenvalue weighted by atomic mass is 10.3. The summed E-state index contributed by atoms with van der Waals surface area (Å²) in [6.45, 7) is 0.794. The Morgan fingerprint density at radius 1 is 1.30 bits per heavy atom. The fraction of sp³-hybridized carbons (Fsp3) is 0.308. The first-order chi connectivity index (χ1) is 9.65. The van der Waals surface area contributed by atoms with Crippen LogP contribution in [0.2, 0.25) is 5.02 Å². The molecule has 0 N–H and O–H groups in total. The molecule has 104 valence electrons. The highest BCUT2D eigenvalue weighted by Gasteiger charge is 2.40. The number of imide groups is 1. The number of hydrogen-bond acceptors (Lipinski definition) is 5. The van der Waals surface area contributed by atoms with Crippen molar-refractivity contribution in [2.24, 2.45) is 4.99 Å². The molecular formula is C13H11ClN2O2S2. The molecule has 0 saturated carbocycles. The summed E-state index contributed by atoms with van der Waals surface area (Å²) >= 11 is 8.87. The molecule has 2 aliphatic rings. The quantitative estimate of drug-likeness (QED) is 0.784. The molecule has 1 fully saturated rings. The minimum Gasteiger partial charge on any atom is -0.274 e. The van der Waals surface area contributed by atoms with Crippen molar-refractivity contribution in [2.75, 3.05) is 17.2 Å². The van der Waals surface area contributed by atoms with Crippen molar-refractivity contribution in [1.29, 1.82) is 0 Å². The molecular weight excluding hydrogens is 316 g/mol. The Labute approximate surface area is 130 Å². The van der Waals surface area contributed by atoms with Gasteiger partial charge in [0, 0.05) is 17.2 Å². The van der Waals surface area contributed by atoms with Crippen LogP contribution >= 0.6 is 35.1 Å². The van der Waals surface area contributed by atoms with E-state index < -0.39 is 0 Å². The molecule has 0 aliphatic carbocycles. The molecule has 1 atom stereocenters. The standard InChI is InChI=1S/C13H11ClN2O2S2/c14-8-1-3-9(4-2-8)16-11(17)7-10(12(16)18)20-13-15-5-6-19-13/h1-4,10H,5-7H2/t10-/m1/s1. The van der Waals surface area contributed by atoms with Crippen molar-refractivity contribution < 1.29 is 9.59 Å². The summed E-state index contributed by atoms with van der Waals surface area (Å²) in [4.78, 5) is 30.0. The number of thioether (sulfide) groups is 2. The lowest BCUT2D eigenvalue weighted by molar-refractivity contribution is -0.121. The molecule has 1 aromatic carbocycles. The zero-order chi connectivity index (χ0) is 14.1. The van der Waals surface area contributed by atoms with E-state index in [1.165, 1.54) is 16.7 Å². The summed E-state index contributed by atoms with van der Waals surface area (Å²) < 4.78 is 0.911. The maximum atomic E-state index is 12.4. The number of anilines is 1. The highest BCUT2D eigenvalue weighted by Crippen LogP contribution is 2.34. The highest BCUT2D eigenvalue weighted by molar-refractivity contribution is 8.39. The van der Waals surface area contributed by atoms with E-state index in [1.807, 2.05) is 0 Å². The summed E-state index contributed by atoms with van der Waals surface area (Å²) in [7, 11) is 0. The van der Waals surface area contributed by atoms with E-state index in [9.17, 15) is 9.59 Å². The van der Waals surface area contributed by atoms with Crippen LogP contribution in [-0.2, 0) is 9.59 Å². The summed E-state index contributed by atoms with van der Waals surface area (Å²) in [5.74, 6) is 0.619. The smallest absolute Gasteiger partial charge is 0.247 e. The van der Waals surface area contributed by atoms with Gasteiger partial charge >= 0.3 is 0 Å². The van der Waals surface area contributed by atoms with Gasteiger partial charge in [-0.15, -0.1) is 0 Å². The number of amides is 2. The van der Waals surface area contributed by atoms with Crippen molar-refractivity contribution in [1.82, 2.24) is 0 Å². The molecule has 3 rings (SSSR count). The summed E-state index contributed by atoms with van der Waals surface area (Å²) in [6, 6.07) is 6.73. The van der Waals surface area contributed by atoms with E-state index in [-0.39, 0.29) is 23.5 Å². The van der Waals surface area contributed by atoms with Crippen molar-refractivity contribution in [2.45, 2.75) is 11.7 Å². The van der Waals surface area contributed by atoms with Gasteiger partial charge in [-0.1, -0.05) is 35.1 Å². The van der Waals surface area contributed by atoms with Gasteiger partial charge in [-0.3, -0.25) is 14.6 Å². The largest absolute Gasteiger partial charge is 0.274 e. The van der Waals surface area contributed by atoms with Crippen molar-refractivity contribution in [3.63, 3.8) is 0 Å². The average molecular weight is 327 g/mol. The second kappa shape index (κ2) is 5.79. The molecule has 1 saturated heterocycles. The number of carbonyl (C=O) groups excluding carboxylic acids is 2. The van der Waals surface area contributed by atoms with Gasteiger partial charge in [0.1, 0.15) is 9.63 Å². The molecule has 20 heavy (non-hydrogen) atoms. The fourth-order valence-electron chi connectivity index (χ4n) is 2.07. The van der Waals surface area contributed by atoms with Crippen LogP contribution in [0.4, 0.5) is 5.69 Å². The third-order valence-electron chi connectivity index (χ3n) is 2.99. The molecule has 7 heteroatoms. The molecule has 0 spiro atoms. The Hall–Kier alpha value is -0.980. The predicted molar refractivity (Wildman–Crippen MR) is 84.7 cm³/mol. The maximum absolute atomic E-state index is 12.4. The first kappa shape index (κ1) is 14.0. The third-order valence-corrected chi connectivity index (χ3v) is 5.63. The van der Waals surface area contributed by atoms with Crippen molar-refractivity contribution >= 4 is 57.0 Å². The van der Waals surface area contributed by atoms with Crippen molar-refractivity contribution in [3.05, 3.63) is 29.3 Å². The van der Waals surface area contributed by atoms with Gasteiger partial charge in [0.15, 0.2) is 0 Å². The minimum atomic E-state index is -0.359. The van der Waals surface area contributed by atoms with Gasteiger partial charge in [-0.25, -0.2) is 4.90 Å². The molecule has 1 aromatic rings. The van der Waals surface area contributed by atoms with Crippen LogP contribution in [0, 0.1) is 0 Å². The van der Waals surface area contributed by atoms with Gasteiger partial charge in [0.05, 0.1) is 12.2 Å². The lowest BCUT2D eigenvalue weighted by Gasteiger charge is -2.14. The Kier molecular flexibility index (Phi) is 4.05. The third kappa shape index (κ3) is 2.73. The minimum absolute atomic E-state index is 0.168. The molecule has 0 bridgehead atoms. The first-order valence-corrected chi connectivity index (χ1v) is 8.36. The monoisotopic (exact) mass is 326 g/mol. The zero-order valence-corrected chi connectivity index (χ0v) is 12.8. The van der Waals surface area contributed by atoms with E-state index in [4.69, 9.17) is 11.6 Å². The van der Waals surface area contributed by atoms with E-state index >= 15 is 0 Å². The number of halogens is 1. The second-order valence-electron chi connectivity index (χ2n) is 4.35. The predicted octanol–water partition coefficient (Wildman–Crippen LogP) is 2.81. The Morgan fingerprint density at radius 2 is 2.05 bits per heavy atom. The van der Waals surface area contributed by atoms with Crippen LogP contribution in [0.1, 0.15) is 6.42 Å². The lowest BCUT2D eigenvalue weighted by Crippen LogP contribution is -2.31. The summed E-state index contributed by atoms with van der Waals surface area (Å²) in [5.41, 5.74) is 0.577. The van der Waals surface area contributed by atoms with E-state index in [2.05, 4.69) is 4.99 Å². The number of aliphatic imine (C=N–C) groups is 1.